The van der Waals surface area contributed by atoms with Crippen LogP contribution in [0.15, 0.2) is 28.8 Å². The maximum absolute atomic E-state index is 9.15. The minimum Gasteiger partial charge on any atom is -0.467 e. The summed E-state index contributed by atoms with van der Waals surface area (Å²) in [5, 5.41) is 9.15. The lowest BCUT2D eigenvalue weighted by molar-refractivity contribution is 0.290. The van der Waals surface area contributed by atoms with Crippen LogP contribution in [0.3, 0.4) is 0 Å². The average Bonchev–Trinajstić information content (AvgIpc) is 2.53. The zero-order valence-corrected chi connectivity index (χ0v) is 9.98. The van der Waals surface area contributed by atoms with E-state index in [9.17, 15) is 0 Å². The zero-order chi connectivity index (χ0) is 11.6. The Labute approximate surface area is 97.5 Å². The van der Waals surface area contributed by atoms with Crippen LogP contribution in [0.25, 0.3) is 0 Å². The predicted octanol–water partition coefficient (Wildman–Crippen LogP) is 3.17. The molecule has 1 rings (SSSR count). The highest BCUT2D eigenvalue weighted by atomic mass is 16.5. The van der Waals surface area contributed by atoms with E-state index in [0.717, 1.165) is 18.6 Å². The summed E-state index contributed by atoms with van der Waals surface area (Å²) in [7, 11) is 0. The summed E-state index contributed by atoms with van der Waals surface area (Å²) >= 11 is 0. The number of ether oxygens (including phenoxy) is 1. The van der Waals surface area contributed by atoms with Crippen molar-refractivity contribution in [3.63, 3.8) is 0 Å². The summed E-state index contributed by atoms with van der Waals surface area (Å²) in [5.74, 6) is 0.809. The van der Waals surface area contributed by atoms with E-state index in [1.54, 1.807) is 18.6 Å². The van der Waals surface area contributed by atoms with Gasteiger partial charge in [-0.3, -0.25) is 4.99 Å². The highest BCUT2D eigenvalue weighted by Gasteiger charge is 2.07. The van der Waals surface area contributed by atoms with Gasteiger partial charge in [0.1, 0.15) is 11.5 Å². The first-order valence-corrected chi connectivity index (χ1v) is 6.07. The summed E-state index contributed by atoms with van der Waals surface area (Å²) in [6.07, 6.45) is 12.0. The van der Waals surface area contributed by atoms with Crippen molar-refractivity contribution in [3.8, 4) is 0 Å². The van der Waals surface area contributed by atoms with Crippen LogP contribution in [0.1, 0.15) is 45.4 Å². The second kappa shape index (κ2) is 8.11. The number of aliphatic hydroxyl groups is 1. The van der Waals surface area contributed by atoms with Crippen molar-refractivity contribution >= 4 is 6.21 Å². The first-order valence-electron chi connectivity index (χ1n) is 6.07. The minimum absolute atomic E-state index is 0.0531. The van der Waals surface area contributed by atoms with Crippen molar-refractivity contribution in [2.24, 2.45) is 4.99 Å². The number of allylic oxidation sites excluding steroid dienone is 2. The van der Waals surface area contributed by atoms with Gasteiger partial charge in [-0.25, -0.2) is 0 Å². The van der Waals surface area contributed by atoms with Gasteiger partial charge in [-0.15, -0.1) is 0 Å². The quantitative estimate of drug-likeness (QED) is 0.673. The van der Waals surface area contributed by atoms with Gasteiger partial charge >= 0.3 is 0 Å². The van der Waals surface area contributed by atoms with E-state index in [1.807, 2.05) is 0 Å². The van der Waals surface area contributed by atoms with E-state index in [0.29, 0.717) is 5.70 Å². The van der Waals surface area contributed by atoms with Gasteiger partial charge < -0.3 is 9.84 Å². The molecule has 0 saturated heterocycles. The molecule has 90 valence electrons. The molecule has 0 fully saturated rings. The summed E-state index contributed by atoms with van der Waals surface area (Å²) in [4.78, 5) is 4.13. The van der Waals surface area contributed by atoms with E-state index in [-0.39, 0.29) is 6.61 Å². The average molecular weight is 223 g/mol. The lowest BCUT2D eigenvalue weighted by Gasteiger charge is -2.08. The first kappa shape index (κ1) is 13.0. The molecule has 1 N–H and O–H groups in total. The topological polar surface area (TPSA) is 41.8 Å². The number of hydrogen-bond acceptors (Lipinski definition) is 3. The smallest absolute Gasteiger partial charge is 0.127 e. The van der Waals surface area contributed by atoms with Crippen LogP contribution in [0.2, 0.25) is 0 Å². The highest BCUT2D eigenvalue weighted by molar-refractivity contribution is 5.72. The summed E-state index contributed by atoms with van der Waals surface area (Å²) in [6.45, 7) is 2.16. The zero-order valence-electron chi connectivity index (χ0n) is 9.98. The van der Waals surface area contributed by atoms with E-state index >= 15 is 0 Å². The molecule has 0 amide bonds. The first-order chi connectivity index (χ1) is 7.88. The van der Waals surface area contributed by atoms with Crippen molar-refractivity contribution in [2.75, 3.05) is 6.61 Å². The van der Waals surface area contributed by atoms with E-state index in [4.69, 9.17) is 9.84 Å². The van der Waals surface area contributed by atoms with Crippen LogP contribution >= 0.6 is 0 Å². The molecule has 3 nitrogen and oxygen atoms in total. The van der Waals surface area contributed by atoms with Gasteiger partial charge in [-0.05, 0) is 12.5 Å². The normalized spacial score (nSPS) is 15.1. The lowest BCUT2D eigenvalue weighted by Crippen LogP contribution is -1.96. The van der Waals surface area contributed by atoms with Crippen LogP contribution in [-0.2, 0) is 4.74 Å². The van der Waals surface area contributed by atoms with E-state index in [1.165, 1.54) is 25.7 Å². The Bertz CT molecular complexity index is 280. The van der Waals surface area contributed by atoms with Gasteiger partial charge in [-0.2, -0.15) is 0 Å². The minimum atomic E-state index is -0.0531. The van der Waals surface area contributed by atoms with Crippen LogP contribution in [0.5, 0.6) is 0 Å². The number of rotatable bonds is 7. The fraction of sp³-hybridized carbons (Fsp3) is 0.615. The molecule has 1 aliphatic rings. The molecule has 0 saturated carbocycles. The molecule has 0 aromatic carbocycles. The Kier molecular flexibility index (Phi) is 6.58. The summed E-state index contributed by atoms with van der Waals surface area (Å²) in [6, 6.07) is 0. The van der Waals surface area contributed by atoms with Gasteiger partial charge in [0.05, 0.1) is 12.9 Å². The molecule has 0 aromatic rings. The Morgan fingerprint density at radius 3 is 2.81 bits per heavy atom. The van der Waals surface area contributed by atoms with Crippen molar-refractivity contribution < 1.29 is 9.84 Å². The molecule has 16 heavy (non-hydrogen) atoms. The molecule has 0 aromatic heterocycles. The Morgan fingerprint density at radius 2 is 2.06 bits per heavy atom. The standard InChI is InChI=1S/C13H21NO2/c1-2-3-4-5-6-8-13-12(11-15)14-9-7-10-16-13/h7,9-10,15H,2-6,8,11H2,1H3. The third-order valence-electron chi connectivity index (χ3n) is 2.58. The Balaban J connectivity index is 2.35. The fourth-order valence-corrected chi connectivity index (χ4v) is 1.65. The molecule has 3 heteroatoms. The highest BCUT2D eigenvalue weighted by Crippen LogP contribution is 2.18. The summed E-state index contributed by atoms with van der Waals surface area (Å²) in [5.41, 5.74) is 0.653. The Hall–Kier alpha value is -1.09. The second-order valence-electron chi connectivity index (χ2n) is 3.92. The van der Waals surface area contributed by atoms with Crippen molar-refractivity contribution in [2.45, 2.75) is 45.4 Å². The van der Waals surface area contributed by atoms with Gasteiger partial charge in [0.2, 0.25) is 0 Å². The lowest BCUT2D eigenvalue weighted by atomic mass is 10.1. The van der Waals surface area contributed by atoms with Crippen LogP contribution in [0, 0.1) is 0 Å². The molecule has 1 heterocycles. The molecule has 0 aliphatic carbocycles. The number of aliphatic imine (C=N–C) groups is 1. The maximum atomic E-state index is 9.15. The number of aliphatic hydroxyl groups excluding tert-OH is 1. The largest absolute Gasteiger partial charge is 0.467 e. The maximum Gasteiger partial charge on any atom is 0.127 e. The molecular weight excluding hydrogens is 202 g/mol. The van der Waals surface area contributed by atoms with Gasteiger partial charge in [0.15, 0.2) is 0 Å². The van der Waals surface area contributed by atoms with Crippen LogP contribution in [0.4, 0.5) is 0 Å². The second-order valence-corrected chi connectivity index (χ2v) is 3.92. The molecule has 1 aliphatic heterocycles. The fourth-order valence-electron chi connectivity index (χ4n) is 1.65. The Morgan fingerprint density at radius 1 is 1.25 bits per heavy atom. The number of unbranched alkanes of at least 4 members (excludes halogenated alkanes) is 4. The molecular formula is C13H21NO2. The third kappa shape index (κ3) is 4.62. The van der Waals surface area contributed by atoms with Crippen molar-refractivity contribution in [1.29, 1.82) is 0 Å². The molecule has 0 bridgehead atoms. The van der Waals surface area contributed by atoms with E-state index in [2.05, 4.69) is 11.9 Å². The van der Waals surface area contributed by atoms with Crippen molar-refractivity contribution in [1.82, 2.24) is 0 Å². The van der Waals surface area contributed by atoms with Gasteiger partial charge in [-0.1, -0.05) is 32.6 Å². The van der Waals surface area contributed by atoms with Crippen LogP contribution in [-0.4, -0.2) is 17.9 Å². The summed E-state index contributed by atoms with van der Waals surface area (Å²) < 4.78 is 5.43. The van der Waals surface area contributed by atoms with Gasteiger partial charge in [0, 0.05) is 12.6 Å². The molecule has 0 unspecified atom stereocenters. The monoisotopic (exact) mass is 223 g/mol. The molecule has 0 atom stereocenters. The van der Waals surface area contributed by atoms with Crippen LogP contribution < -0.4 is 0 Å². The number of hydrogen-bond donors (Lipinski definition) is 1. The van der Waals surface area contributed by atoms with Crippen molar-refractivity contribution in [3.05, 3.63) is 23.8 Å². The molecule has 0 spiro atoms. The third-order valence-corrected chi connectivity index (χ3v) is 2.58. The SMILES string of the molecule is CCCCCCCC1=C(CO)N=CC=CO1. The van der Waals surface area contributed by atoms with E-state index < -0.39 is 0 Å². The molecule has 0 radical (unpaired) electrons. The predicted molar refractivity (Wildman–Crippen MR) is 66.2 cm³/mol. The van der Waals surface area contributed by atoms with Gasteiger partial charge in [0.25, 0.3) is 0 Å². The number of nitrogens with zero attached hydrogens (tertiary/aromatic N) is 1.